The highest BCUT2D eigenvalue weighted by Crippen LogP contribution is 2.43. The molecule has 4 N–H and O–H groups in total. The molecule has 0 saturated heterocycles. The Morgan fingerprint density at radius 2 is 0.848 bits per heavy atom. The van der Waals surface area contributed by atoms with E-state index in [9.17, 15) is 20.4 Å². The molecule has 6 rings (SSSR count). The minimum atomic E-state index is -0.0721. The van der Waals surface area contributed by atoms with Crippen LogP contribution in [0.3, 0.4) is 0 Å². The summed E-state index contributed by atoms with van der Waals surface area (Å²) >= 11 is 0. The fourth-order valence-corrected chi connectivity index (χ4v) is 7.60. The highest BCUT2D eigenvalue weighted by atomic mass is 16.5. The summed E-state index contributed by atoms with van der Waals surface area (Å²) in [5.74, 6) is 1.67. The van der Waals surface area contributed by atoms with Gasteiger partial charge >= 0.3 is 0 Å². The van der Waals surface area contributed by atoms with Gasteiger partial charge < -0.3 is 29.9 Å². The van der Waals surface area contributed by atoms with Crippen molar-refractivity contribution in [3.8, 4) is 33.8 Å². The number of rotatable bonds is 15. The van der Waals surface area contributed by atoms with Crippen LogP contribution in [0.4, 0.5) is 0 Å². The highest BCUT2D eigenvalue weighted by molar-refractivity contribution is 5.80. The molecule has 4 aromatic carbocycles. The largest absolute Gasteiger partial charge is 0.493 e. The van der Waals surface area contributed by atoms with Crippen LogP contribution < -0.4 is 9.47 Å². The van der Waals surface area contributed by atoms with Crippen molar-refractivity contribution in [3.05, 3.63) is 105 Å². The van der Waals surface area contributed by atoms with Gasteiger partial charge in [-0.25, -0.2) is 0 Å². The quantitative estimate of drug-likeness (QED) is 0.107. The number of para-hydroxylation sites is 2. The summed E-state index contributed by atoms with van der Waals surface area (Å²) in [6.07, 6.45) is 9.88. The predicted octanol–water partition coefficient (Wildman–Crippen LogP) is 6.99. The summed E-state index contributed by atoms with van der Waals surface area (Å²) in [6, 6.07) is 20.1. The Labute approximate surface area is 272 Å². The lowest BCUT2D eigenvalue weighted by molar-refractivity contribution is 0.274. The first-order valence-corrected chi connectivity index (χ1v) is 16.9. The Hall–Kier alpha value is -3.68. The second-order valence-electron chi connectivity index (χ2n) is 12.5. The molecule has 0 fully saturated rings. The summed E-state index contributed by atoms with van der Waals surface area (Å²) in [6.45, 7) is 1.08. The highest BCUT2D eigenvalue weighted by Gasteiger charge is 2.25. The summed E-state index contributed by atoms with van der Waals surface area (Å²) in [4.78, 5) is 0. The van der Waals surface area contributed by atoms with Crippen LogP contribution >= 0.6 is 0 Å². The number of hydrogen-bond acceptors (Lipinski definition) is 6. The topological polar surface area (TPSA) is 99.4 Å². The van der Waals surface area contributed by atoms with E-state index < -0.39 is 0 Å². The van der Waals surface area contributed by atoms with Crippen molar-refractivity contribution in [2.24, 2.45) is 0 Å². The van der Waals surface area contributed by atoms with Gasteiger partial charge in [0, 0.05) is 11.1 Å². The summed E-state index contributed by atoms with van der Waals surface area (Å²) in [7, 11) is 0. The third kappa shape index (κ3) is 6.58. The third-order valence-corrected chi connectivity index (χ3v) is 9.70. The monoisotopic (exact) mass is 622 g/mol. The first kappa shape index (κ1) is 32.3. The van der Waals surface area contributed by atoms with Gasteiger partial charge in [0.25, 0.3) is 0 Å². The van der Waals surface area contributed by atoms with Gasteiger partial charge in [0.15, 0.2) is 0 Å². The van der Waals surface area contributed by atoms with Crippen LogP contribution in [-0.2, 0) is 52.1 Å². The first-order valence-electron chi connectivity index (χ1n) is 16.9. The van der Waals surface area contributed by atoms with E-state index in [0.29, 0.717) is 13.2 Å². The number of aliphatic hydroxyl groups excluding tert-OH is 4. The van der Waals surface area contributed by atoms with E-state index in [0.717, 1.165) is 120 Å². The zero-order valence-corrected chi connectivity index (χ0v) is 26.7. The molecule has 0 radical (unpaired) electrons. The lowest BCUT2D eigenvalue weighted by atomic mass is 9.89. The van der Waals surface area contributed by atoms with Crippen LogP contribution in [0.25, 0.3) is 22.3 Å². The number of aliphatic hydroxyl groups is 4. The van der Waals surface area contributed by atoms with Gasteiger partial charge in [-0.1, -0.05) is 48.5 Å². The molecule has 6 nitrogen and oxygen atoms in total. The smallest absolute Gasteiger partial charge is 0.127 e. The Balaban J connectivity index is 1.04. The lowest BCUT2D eigenvalue weighted by Gasteiger charge is -2.20. The van der Waals surface area contributed by atoms with Crippen molar-refractivity contribution in [3.63, 3.8) is 0 Å². The van der Waals surface area contributed by atoms with Crippen LogP contribution in [0, 0.1) is 0 Å². The average molecular weight is 623 g/mol. The number of fused-ring (bicyclic) bond motifs is 2. The third-order valence-electron chi connectivity index (χ3n) is 9.70. The van der Waals surface area contributed by atoms with Gasteiger partial charge in [-0.2, -0.15) is 0 Å². The minimum absolute atomic E-state index is 0.00303. The van der Waals surface area contributed by atoms with E-state index in [1.807, 2.05) is 48.5 Å². The van der Waals surface area contributed by atoms with E-state index in [2.05, 4.69) is 12.1 Å². The number of hydrogen-bond donors (Lipinski definition) is 4. The van der Waals surface area contributed by atoms with Gasteiger partial charge in [-0.05, 0) is 132 Å². The number of ether oxygens (including phenoxy) is 2. The fraction of sp³-hybridized carbons (Fsp3) is 0.400. The molecular formula is C40H46O6. The second kappa shape index (κ2) is 15.3. The average Bonchev–Trinajstić information content (AvgIpc) is 3.79. The van der Waals surface area contributed by atoms with Gasteiger partial charge in [-0.15, -0.1) is 0 Å². The maximum Gasteiger partial charge on any atom is 0.127 e. The van der Waals surface area contributed by atoms with Crippen LogP contribution in [0.2, 0.25) is 0 Å². The standard InChI is InChI=1S/C40H46O6/c41-23-27-21-29(25-43)39(33-15-9-13-31(27)33)35-11-3-5-17-37(35)45-19-7-1-2-8-20-46-38-18-6-4-12-36(38)40-30(26-44)22-28(24-42)32-14-10-16-34(32)40/h3-6,11-12,17-18,21-22,41-44H,1-2,7-10,13-16,19-20,23-26H2. The molecule has 0 bridgehead atoms. The molecule has 0 aromatic heterocycles. The Morgan fingerprint density at radius 3 is 1.26 bits per heavy atom. The van der Waals surface area contributed by atoms with Gasteiger partial charge in [-0.3, -0.25) is 0 Å². The van der Waals surface area contributed by atoms with E-state index in [1.165, 1.54) is 22.3 Å². The van der Waals surface area contributed by atoms with Crippen LogP contribution in [0.1, 0.15) is 83.0 Å². The van der Waals surface area contributed by atoms with Crippen LogP contribution in [0.15, 0.2) is 60.7 Å². The normalized spacial score (nSPS) is 13.6. The molecule has 0 amide bonds. The van der Waals surface area contributed by atoms with Crippen molar-refractivity contribution >= 4 is 0 Å². The molecular weight excluding hydrogens is 576 g/mol. The predicted molar refractivity (Wildman–Crippen MR) is 181 cm³/mol. The summed E-state index contributed by atoms with van der Waals surface area (Å²) in [5.41, 5.74) is 12.7. The van der Waals surface area contributed by atoms with E-state index in [1.54, 1.807) is 0 Å². The van der Waals surface area contributed by atoms with E-state index >= 15 is 0 Å². The molecule has 6 heteroatoms. The Bertz CT molecular complexity index is 1540. The lowest BCUT2D eigenvalue weighted by Crippen LogP contribution is -2.05. The zero-order valence-electron chi connectivity index (χ0n) is 26.7. The maximum absolute atomic E-state index is 10.2. The van der Waals surface area contributed by atoms with Crippen molar-refractivity contribution in [1.29, 1.82) is 0 Å². The molecule has 46 heavy (non-hydrogen) atoms. The molecule has 0 atom stereocenters. The molecule has 0 unspecified atom stereocenters. The van der Waals surface area contributed by atoms with Gasteiger partial charge in [0.05, 0.1) is 39.6 Å². The van der Waals surface area contributed by atoms with Gasteiger partial charge in [0.1, 0.15) is 11.5 Å². The van der Waals surface area contributed by atoms with Crippen molar-refractivity contribution in [1.82, 2.24) is 0 Å². The zero-order chi connectivity index (χ0) is 31.9. The molecule has 4 aromatic rings. The number of unbranched alkanes of at least 4 members (excludes halogenated alkanes) is 3. The van der Waals surface area contributed by atoms with E-state index in [4.69, 9.17) is 9.47 Å². The first-order chi connectivity index (χ1) is 22.7. The minimum Gasteiger partial charge on any atom is -0.493 e. The molecule has 0 heterocycles. The Kier molecular flexibility index (Phi) is 10.7. The maximum atomic E-state index is 10.2. The number of benzene rings is 4. The molecule has 0 aliphatic heterocycles. The summed E-state index contributed by atoms with van der Waals surface area (Å²) in [5, 5.41) is 40.3. The van der Waals surface area contributed by atoms with E-state index in [-0.39, 0.29) is 26.4 Å². The molecule has 242 valence electrons. The Morgan fingerprint density at radius 1 is 0.457 bits per heavy atom. The van der Waals surface area contributed by atoms with Crippen LogP contribution in [-0.4, -0.2) is 33.6 Å². The molecule has 0 spiro atoms. The van der Waals surface area contributed by atoms with Crippen molar-refractivity contribution < 1.29 is 29.9 Å². The van der Waals surface area contributed by atoms with Crippen LogP contribution in [0.5, 0.6) is 11.5 Å². The van der Waals surface area contributed by atoms with Crippen molar-refractivity contribution in [2.45, 2.75) is 90.6 Å². The SMILES string of the molecule is OCc1cc(CO)c(-c2ccccc2OCCCCCCOc2ccccc2-c2c(CO)cc(CO)c3c2CCC3)c2c1CCC2. The molecule has 0 saturated carbocycles. The molecule has 2 aliphatic carbocycles. The fourth-order valence-electron chi connectivity index (χ4n) is 7.60. The van der Waals surface area contributed by atoms with Crippen molar-refractivity contribution in [2.75, 3.05) is 13.2 Å². The second-order valence-corrected chi connectivity index (χ2v) is 12.5. The van der Waals surface area contributed by atoms with Gasteiger partial charge in [0.2, 0.25) is 0 Å². The molecule has 2 aliphatic rings. The summed E-state index contributed by atoms with van der Waals surface area (Å²) < 4.78 is 12.6.